The molecule has 0 spiro atoms. The number of aromatic nitrogens is 1. The summed E-state index contributed by atoms with van der Waals surface area (Å²) in [5, 5.41) is 12.4. The second-order valence-electron chi connectivity index (χ2n) is 2.73. The molecule has 0 saturated carbocycles. The van der Waals surface area contributed by atoms with Crippen LogP contribution in [0.5, 0.6) is 0 Å². The first kappa shape index (κ1) is 8.73. The molecule has 1 unspecified atom stereocenters. The van der Waals surface area contributed by atoms with Gasteiger partial charge in [0.05, 0.1) is 0 Å². The Balaban J connectivity index is 3.04. The van der Waals surface area contributed by atoms with E-state index in [9.17, 15) is 4.79 Å². The van der Waals surface area contributed by atoms with Crippen LogP contribution in [0, 0.1) is 0 Å². The van der Waals surface area contributed by atoms with E-state index in [1.807, 2.05) is 0 Å². The van der Waals surface area contributed by atoms with Crippen molar-refractivity contribution in [1.29, 1.82) is 0 Å². The Morgan fingerprint density at radius 3 is 2.92 bits per heavy atom. The van der Waals surface area contributed by atoms with E-state index in [1.165, 1.54) is 19.3 Å². The molecule has 0 bridgehead atoms. The lowest BCUT2D eigenvalue weighted by molar-refractivity contribution is -0.143. The minimum absolute atomic E-state index is 0.00509. The van der Waals surface area contributed by atoms with E-state index in [0.29, 0.717) is 5.69 Å². The highest BCUT2D eigenvalue weighted by Gasteiger charge is 2.36. The Kier molecular flexibility index (Phi) is 2.14. The molecule has 0 amide bonds. The van der Waals surface area contributed by atoms with Crippen molar-refractivity contribution in [3.63, 3.8) is 0 Å². The van der Waals surface area contributed by atoms with Crippen LogP contribution in [-0.4, -0.2) is 22.8 Å². The summed E-state index contributed by atoms with van der Waals surface area (Å²) < 4.78 is 4.54. The molecule has 0 radical (unpaired) electrons. The highest BCUT2D eigenvalue weighted by Crippen LogP contribution is 2.20. The van der Waals surface area contributed by atoms with Crippen LogP contribution in [0.4, 0.5) is 0 Å². The molecule has 1 aromatic heterocycles. The number of rotatable bonds is 3. The van der Waals surface area contributed by atoms with Crippen LogP contribution in [0.25, 0.3) is 0 Å². The predicted octanol–water partition coefficient (Wildman–Crippen LogP) is -0.0244. The number of nitrogens with two attached hydrogens (primary N) is 1. The summed E-state index contributed by atoms with van der Waals surface area (Å²) in [5.74, 6) is -1.00. The molecule has 0 aromatic carbocycles. The minimum Gasteiger partial charge on any atom is -0.481 e. The lowest BCUT2D eigenvalue weighted by atomic mass is 9.87. The fraction of sp³-hybridized carbons (Fsp3) is 0.429. The summed E-state index contributed by atoms with van der Waals surface area (Å²) in [7, 11) is 0. The first-order chi connectivity index (χ1) is 5.61. The molecular formula is C7H10N2O3. The van der Waals surface area contributed by atoms with E-state index in [2.05, 4.69) is 9.68 Å². The Labute approximate surface area is 69.2 Å². The Hall–Kier alpha value is -1.36. The zero-order valence-corrected chi connectivity index (χ0v) is 6.65. The lowest BCUT2D eigenvalue weighted by Gasteiger charge is -2.18. The second kappa shape index (κ2) is 2.94. The molecule has 0 aliphatic heterocycles. The zero-order valence-electron chi connectivity index (χ0n) is 6.65. The predicted molar refractivity (Wildman–Crippen MR) is 40.5 cm³/mol. The van der Waals surface area contributed by atoms with Gasteiger partial charge in [0.25, 0.3) is 0 Å². The average Bonchev–Trinajstić information content (AvgIpc) is 2.54. The lowest BCUT2D eigenvalue weighted by Crippen LogP contribution is -2.40. The van der Waals surface area contributed by atoms with Crippen molar-refractivity contribution >= 4 is 5.97 Å². The minimum atomic E-state index is -1.15. The SMILES string of the molecule is CC(CN)(C(=O)O)c1ccon1. The molecule has 1 heterocycles. The van der Waals surface area contributed by atoms with Crippen LogP contribution >= 0.6 is 0 Å². The van der Waals surface area contributed by atoms with Crippen LogP contribution < -0.4 is 5.73 Å². The maximum Gasteiger partial charge on any atom is 0.316 e. The summed E-state index contributed by atoms with van der Waals surface area (Å²) in [6, 6.07) is 1.50. The molecule has 0 saturated heterocycles. The van der Waals surface area contributed by atoms with Crippen LogP contribution in [0.1, 0.15) is 12.6 Å². The number of carboxylic acid groups (broad SMARTS) is 1. The number of carboxylic acids is 1. The largest absolute Gasteiger partial charge is 0.481 e. The van der Waals surface area contributed by atoms with Crippen LogP contribution in [0.15, 0.2) is 16.9 Å². The van der Waals surface area contributed by atoms with Gasteiger partial charge < -0.3 is 15.4 Å². The van der Waals surface area contributed by atoms with E-state index in [0.717, 1.165) is 0 Å². The average molecular weight is 170 g/mol. The monoisotopic (exact) mass is 170 g/mol. The van der Waals surface area contributed by atoms with Gasteiger partial charge in [-0.25, -0.2) is 0 Å². The van der Waals surface area contributed by atoms with Crippen molar-refractivity contribution in [2.75, 3.05) is 6.54 Å². The van der Waals surface area contributed by atoms with Gasteiger partial charge in [-0.1, -0.05) is 5.16 Å². The molecule has 5 heteroatoms. The van der Waals surface area contributed by atoms with Crippen LogP contribution in [0.2, 0.25) is 0 Å². The van der Waals surface area contributed by atoms with Crippen LogP contribution in [-0.2, 0) is 10.2 Å². The molecule has 5 nitrogen and oxygen atoms in total. The number of nitrogens with zero attached hydrogens (tertiary/aromatic N) is 1. The summed E-state index contributed by atoms with van der Waals surface area (Å²) in [6.07, 6.45) is 1.33. The van der Waals surface area contributed by atoms with Gasteiger partial charge in [0, 0.05) is 12.6 Å². The molecule has 0 aliphatic rings. The smallest absolute Gasteiger partial charge is 0.316 e. The van der Waals surface area contributed by atoms with E-state index < -0.39 is 11.4 Å². The third-order valence-corrected chi connectivity index (χ3v) is 1.88. The fourth-order valence-electron chi connectivity index (χ4n) is 0.799. The molecule has 66 valence electrons. The van der Waals surface area contributed by atoms with Crippen molar-refractivity contribution in [2.45, 2.75) is 12.3 Å². The van der Waals surface area contributed by atoms with Gasteiger partial charge in [-0.05, 0) is 6.92 Å². The Morgan fingerprint density at radius 1 is 1.92 bits per heavy atom. The standard InChI is InChI=1S/C7H10N2O3/c1-7(4-8,6(10)11)5-2-3-12-9-5/h2-3H,4,8H2,1H3,(H,10,11). The van der Waals surface area contributed by atoms with E-state index in [-0.39, 0.29) is 6.54 Å². The van der Waals surface area contributed by atoms with Crippen molar-refractivity contribution in [2.24, 2.45) is 5.73 Å². The summed E-state index contributed by atoms with van der Waals surface area (Å²) in [5.41, 5.74) is 4.54. The quantitative estimate of drug-likeness (QED) is 0.665. The van der Waals surface area contributed by atoms with Gasteiger partial charge in [-0.15, -0.1) is 0 Å². The van der Waals surface area contributed by atoms with Gasteiger partial charge >= 0.3 is 5.97 Å². The third kappa shape index (κ3) is 1.18. The zero-order chi connectivity index (χ0) is 9.19. The van der Waals surface area contributed by atoms with Gasteiger partial charge in [0.2, 0.25) is 0 Å². The van der Waals surface area contributed by atoms with Crippen molar-refractivity contribution in [3.05, 3.63) is 18.0 Å². The third-order valence-electron chi connectivity index (χ3n) is 1.88. The highest BCUT2D eigenvalue weighted by atomic mass is 16.5. The molecule has 1 rings (SSSR count). The van der Waals surface area contributed by atoms with Gasteiger partial charge in [0.1, 0.15) is 17.4 Å². The highest BCUT2D eigenvalue weighted by molar-refractivity contribution is 5.80. The fourth-order valence-corrected chi connectivity index (χ4v) is 0.799. The molecule has 3 N–H and O–H groups in total. The summed E-state index contributed by atoms with van der Waals surface area (Å²) >= 11 is 0. The van der Waals surface area contributed by atoms with Crippen molar-refractivity contribution in [1.82, 2.24) is 5.16 Å². The maximum atomic E-state index is 10.8. The Bertz CT molecular complexity index is 270. The second-order valence-corrected chi connectivity index (χ2v) is 2.73. The number of hydrogen-bond acceptors (Lipinski definition) is 4. The van der Waals surface area contributed by atoms with Crippen LogP contribution in [0.3, 0.4) is 0 Å². The van der Waals surface area contributed by atoms with E-state index in [4.69, 9.17) is 10.8 Å². The van der Waals surface area contributed by atoms with Crippen molar-refractivity contribution in [3.8, 4) is 0 Å². The first-order valence-electron chi connectivity index (χ1n) is 3.45. The summed E-state index contributed by atoms with van der Waals surface area (Å²) in [6.45, 7) is 1.50. The number of carbonyl (C=O) groups is 1. The molecule has 12 heavy (non-hydrogen) atoms. The molecule has 0 aliphatic carbocycles. The number of hydrogen-bond donors (Lipinski definition) is 2. The molecule has 0 fully saturated rings. The molecule has 1 aromatic rings. The normalized spacial score (nSPS) is 15.5. The van der Waals surface area contributed by atoms with E-state index >= 15 is 0 Å². The van der Waals surface area contributed by atoms with E-state index in [1.54, 1.807) is 0 Å². The first-order valence-corrected chi connectivity index (χ1v) is 3.45. The van der Waals surface area contributed by atoms with Gasteiger partial charge in [0.15, 0.2) is 0 Å². The number of aliphatic carboxylic acids is 1. The van der Waals surface area contributed by atoms with Crippen molar-refractivity contribution < 1.29 is 14.4 Å². The Morgan fingerprint density at radius 2 is 2.58 bits per heavy atom. The summed E-state index contributed by atoms with van der Waals surface area (Å²) in [4.78, 5) is 10.8. The topological polar surface area (TPSA) is 89.4 Å². The molecular weight excluding hydrogens is 160 g/mol. The van der Waals surface area contributed by atoms with Gasteiger partial charge in [-0.2, -0.15) is 0 Å². The molecule has 1 atom stereocenters. The maximum absolute atomic E-state index is 10.8. The van der Waals surface area contributed by atoms with Gasteiger partial charge in [-0.3, -0.25) is 4.79 Å².